The van der Waals surface area contributed by atoms with Gasteiger partial charge in [0.2, 0.25) is 0 Å². The fourth-order valence-electron chi connectivity index (χ4n) is 0.892. The zero-order chi connectivity index (χ0) is 13.3. The first-order chi connectivity index (χ1) is 8.27. The van der Waals surface area contributed by atoms with Crippen molar-refractivity contribution in [3.8, 4) is 11.6 Å². The van der Waals surface area contributed by atoms with Crippen LogP contribution in [0.2, 0.25) is 0 Å². The van der Waals surface area contributed by atoms with E-state index in [4.69, 9.17) is 4.52 Å². The van der Waals surface area contributed by atoms with Gasteiger partial charge in [0, 0.05) is 11.3 Å². The fraction of sp³-hybridized carbons (Fsp3) is 0.583. The van der Waals surface area contributed by atoms with Gasteiger partial charge in [0.05, 0.1) is 5.51 Å². The van der Waals surface area contributed by atoms with Crippen molar-refractivity contribution in [3.63, 3.8) is 0 Å². The van der Waals surface area contributed by atoms with Gasteiger partial charge in [-0.1, -0.05) is 46.7 Å². The molecule has 0 radical (unpaired) electrons. The van der Waals surface area contributed by atoms with Crippen molar-refractivity contribution in [2.45, 2.75) is 47.5 Å². The molecule has 0 saturated carbocycles. The zero-order valence-electron chi connectivity index (χ0n) is 11.4. The molecule has 2 heterocycles. The van der Waals surface area contributed by atoms with Crippen molar-refractivity contribution < 1.29 is 4.52 Å². The molecule has 0 aliphatic heterocycles. The average molecular weight is 255 g/mol. The van der Waals surface area contributed by atoms with Crippen LogP contribution in [0.5, 0.6) is 0 Å². The van der Waals surface area contributed by atoms with E-state index in [0.29, 0.717) is 5.89 Å². The van der Waals surface area contributed by atoms with Crippen LogP contribution in [-0.4, -0.2) is 15.1 Å². The van der Waals surface area contributed by atoms with Gasteiger partial charge in [-0.25, -0.2) is 4.98 Å². The maximum atomic E-state index is 5.05. The van der Waals surface area contributed by atoms with Crippen molar-refractivity contribution in [2.75, 3.05) is 0 Å². The molecule has 0 atom stereocenters. The second-order valence-electron chi connectivity index (χ2n) is 2.99. The van der Waals surface area contributed by atoms with Crippen molar-refractivity contribution >= 4 is 11.3 Å². The molecule has 4 nitrogen and oxygen atoms in total. The molecule has 0 saturated heterocycles. The van der Waals surface area contributed by atoms with E-state index in [-0.39, 0.29) is 5.92 Å². The van der Waals surface area contributed by atoms with Gasteiger partial charge < -0.3 is 4.52 Å². The maximum Gasteiger partial charge on any atom is 0.277 e. The van der Waals surface area contributed by atoms with Crippen LogP contribution in [0.4, 0.5) is 0 Å². The summed E-state index contributed by atoms with van der Waals surface area (Å²) < 4.78 is 5.05. The van der Waals surface area contributed by atoms with E-state index in [0.717, 1.165) is 11.5 Å². The molecule has 2 rings (SSSR count). The lowest BCUT2D eigenvalue weighted by atomic mass is 10.2. The number of aromatic nitrogens is 3. The Hall–Kier alpha value is -1.23. The summed E-state index contributed by atoms with van der Waals surface area (Å²) >= 11 is 1.51. The average Bonchev–Trinajstić information content (AvgIpc) is 3.05. The first-order valence-electron chi connectivity index (χ1n) is 5.99. The van der Waals surface area contributed by atoms with Crippen LogP contribution < -0.4 is 0 Å². The van der Waals surface area contributed by atoms with Gasteiger partial charge in [-0.05, 0) is 0 Å². The van der Waals surface area contributed by atoms with Crippen molar-refractivity contribution in [2.24, 2.45) is 0 Å². The minimum Gasteiger partial charge on any atom is -0.332 e. The molecule has 0 bridgehead atoms. The number of thiazole rings is 1. The summed E-state index contributed by atoms with van der Waals surface area (Å²) in [5.74, 6) is 1.52. The number of hydrogen-bond donors (Lipinski definition) is 0. The van der Waals surface area contributed by atoms with Gasteiger partial charge >= 0.3 is 0 Å². The Labute approximate surface area is 107 Å². The molecule has 0 amide bonds. The molecule has 5 heteroatoms. The Kier molecular flexibility index (Phi) is 8.23. The molecule has 0 aliphatic rings. The van der Waals surface area contributed by atoms with Crippen LogP contribution >= 0.6 is 11.3 Å². The largest absolute Gasteiger partial charge is 0.332 e. The van der Waals surface area contributed by atoms with Crippen LogP contribution in [-0.2, 0) is 0 Å². The summed E-state index contributed by atoms with van der Waals surface area (Å²) in [6, 6.07) is 0. The lowest BCUT2D eigenvalue weighted by molar-refractivity contribution is 0.418. The lowest BCUT2D eigenvalue weighted by Gasteiger charge is -1.91. The molecule has 0 N–H and O–H groups in total. The summed E-state index contributed by atoms with van der Waals surface area (Å²) in [5.41, 5.74) is 2.50. The van der Waals surface area contributed by atoms with Crippen LogP contribution in [0.15, 0.2) is 15.4 Å². The van der Waals surface area contributed by atoms with E-state index in [9.17, 15) is 0 Å². The SMILES string of the molecule is CC.CC.CC(C)c1noc(-c2cscn2)n1. The summed E-state index contributed by atoms with van der Waals surface area (Å²) in [5, 5.41) is 5.74. The van der Waals surface area contributed by atoms with E-state index in [1.54, 1.807) is 5.51 Å². The molecular formula is C12H21N3OS. The van der Waals surface area contributed by atoms with Crippen LogP contribution in [0.3, 0.4) is 0 Å². The smallest absolute Gasteiger partial charge is 0.277 e. The summed E-state index contributed by atoms with van der Waals surface area (Å²) in [6.07, 6.45) is 0. The summed E-state index contributed by atoms with van der Waals surface area (Å²) in [6.45, 7) is 12.0. The van der Waals surface area contributed by atoms with Crippen LogP contribution in [0, 0.1) is 0 Å². The molecule has 0 aliphatic carbocycles. The molecular weight excluding hydrogens is 234 g/mol. The first kappa shape index (κ1) is 15.8. The van der Waals surface area contributed by atoms with Crippen LogP contribution in [0.1, 0.15) is 53.3 Å². The third-order valence-electron chi connectivity index (χ3n) is 1.61. The zero-order valence-corrected chi connectivity index (χ0v) is 12.2. The molecule has 17 heavy (non-hydrogen) atoms. The predicted octanol–water partition coefficient (Wildman–Crippen LogP) is 4.37. The van der Waals surface area contributed by atoms with Crippen LogP contribution in [0.25, 0.3) is 11.6 Å². The van der Waals surface area contributed by atoms with E-state index < -0.39 is 0 Å². The highest BCUT2D eigenvalue weighted by atomic mass is 32.1. The second kappa shape index (κ2) is 8.87. The Morgan fingerprint density at radius 3 is 2.24 bits per heavy atom. The molecule has 96 valence electrons. The maximum absolute atomic E-state index is 5.05. The van der Waals surface area contributed by atoms with Crippen molar-refractivity contribution in [3.05, 3.63) is 16.7 Å². The molecule has 0 spiro atoms. The third kappa shape index (κ3) is 4.65. The van der Waals surface area contributed by atoms with E-state index in [1.165, 1.54) is 11.3 Å². The second-order valence-corrected chi connectivity index (χ2v) is 3.70. The van der Waals surface area contributed by atoms with E-state index in [1.807, 2.05) is 46.9 Å². The highest BCUT2D eigenvalue weighted by Gasteiger charge is 2.12. The van der Waals surface area contributed by atoms with Gasteiger partial charge in [0.25, 0.3) is 5.89 Å². The monoisotopic (exact) mass is 255 g/mol. The van der Waals surface area contributed by atoms with E-state index in [2.05, 4.69) is 15.1 Å². The topological polar surface area (TPSA) is 51.8 Å². The summed E-state index contributed by atoms with van der Waals surface area (Å²) in [7, 11) is 0. The van der Waals surface area contributed by atoms with E-state index >= 15 is 0 Å². The number of hydrogen-bond acceptors (Lipinski definition) is 5. The minimum absolute atomic E-state index is 0.288. The standard InChI is InChI=1S/C8H9N3OS.2C2H6/c1-5(2)7-10-8(12-11-7)6-3-13-4-9-6;2*1-2/h3-5H,1-2H3;2*1-2H3. The highest BCUT2D eigenvalue weighted by Crippen LogP contribution is 2.19. The van der Waals surface area contributed by atoms with Gasteiger partial charge in [-0.2, -0.15) is 4.98 Å². The lowest BCUT2D eigenvalue weighted by Crippen LogP contribution is -1.89. The van der Waals surface area contributed by atoms with Crippen molar-refractivity contribution in [1.29, 1.82) is 0 Å². The Bertz CT molecular complexity index is 382. The van der Waals surface area contributed by atoms with Gasteiger partial charge in [-0.15, -0.1) is 11.3 Å². The Morgan fingerprint density at radius 2 is 1.82 bits per heavy atom. The highest BCUT2D eigenvalue weighted by molar-refractivity contribution is 7.07. The predicted molar refractivity (Wildman–Crippen MR) is 72.2 cm³/mol. The Morgan fingerprint density at radius 1 is 1.18 bits per heavy atom. The molecule has 0 unspecified atom stereocenters. The number of rotatable bonds is 2. The fourth-order valence-corrected chi connectivity index (χ4v) is 1.42. The normalized spacial score (nSPS) is 9.12. The number of nitrogens with zero attached hydrogens (tertiary/aromatic N) is 3. The third-order valence-corrected chi connectivity index (χ3v) is 2.20. The molecule has 2 aromatic heterocycles. The minimum atomic E-state index is 0.288. The van der Waals surface area contributed by atoms with Gasteiger partial charge in [-0.3, -0.25) is 0 Å². The van der Waals surface area contributed by atoms with Gasteiger partial charge in [0.15, 0.2) is 5.82 Å². The molecule has 0 fully saturated rings. The summed E-state index contributed by atoms with van der Waals surface area (Å²) in [4.78, 5) is 8.30. The van der Waals surface area contributed by atoms with Crippen molar-refractivity contribution in [1.82, 2.24) is 15.1 Å². The quantitative estimate of drug-likeness (QED) is 0.799. The van der Waals surface area contributed by atoms with Gasteiger partial charge in [0.1, 0.15) is 5.69 Å². The molecule has 2 aromatic rings. The first-order valence-corrected chi connectivity index (χ1v) is 6.94. The molecule has 0 aromatic carbocycles. The Balaban J connectivity index is 0.000000581.